The SMILES string of the molecule is c1ccc(-c2nc(-c3cccc4oc5ccccc5c34)nc(-n3c4ccccc4c4ccc5c6ccccc6n(-c6ccc(-c7ccc8c9ccccc9c9ccccc9c8c7)cc6)c5c43)n2)cc1. The Kier molecular flexibility index (Phi) is 7.97. The van der Waals surface area contributed by atoms with Crippen LogP contribution in [0.25, 0.3) is 143 Å². The Hall–Kier alpha value is -9.39. The van der Waals surface area contributed by atoms with E-state index < -0.39 is 0 Å². The predicted octanol–water partition coefficient (Wildman–Crippen LogP) is 16.4. The smallest absolute Gasteiger partial charge is 0.238 e. The number of nitrogens with zero attached hydrogens (tertiary/aromatic N) is 5. The average Bonchev–Trinajstić information content (AvgIpc) is 4.09. The Morgan fingerprint density at radius 3 is 1.51 bits per heavy atom. The molecular weight excluding hydrogens is 843 g/mol. The molecule has 320 valence electrons. The van der Waals surface area contributed by atoms with Crippen LogP contribution in [0.15, 0.2) is 229 Å². The van der Waals surface area contributed by atoms with Gasteiger partial charge in [-0.05, 0) is 85.9 Å². The number of rotatable bonds is 5. The first-order valence-electron chi connectivity index (χ1n) is 23.4. The van der Waals surface area contributed by atoms with Crippen LogP contribution in [-0.2, 0) is 0 Å². The number of fused-ring (bicyclic) bond motifs is 16. The molecular formula is C63H37N5O. The van der Waals surface area contributed by atoms with Gasteiger partial charge in [0.1, 0.15) is 11.2 Å². The summed E-state index contributed by atoms with van der Waals surface area (Å²) < 4.78 is 11.1. The third kappa shape index (κ3) is 5.57. The quantitative estimate of drug-likeness (QED) is 0.162. The number of hydrogen-bond acceptors (Lipinski definition) is 4. The van der Waals surface area contributed by atoms with Gasteiger partial charge < -0.3 is 8.98 Å². The first kappa shape index (κ1) is 37.8. The lowest BCUT2D eigenvalue weighted by molar-refractivity contribution is 0.669. The Morgan fingerprint density at radius 1 is 0.304 bits per heavy atom. The fourth-order valence-electron chi connectivity index (χ4n) is 11.1. The van der Waals surface area contributed by atoms with E-state index in [9.17, 15) is 0 Å². The summed E-state index contributed by atoms with van der Waals surface area (Å²) in [4.78, 5) is 16.1. The van der Waals surface area contributed by atoms with Gasteiger partial charge in [-0.3, -0.25) is 4.57 Å². The highest BCUT2D eigenvalue weighted by molar-refractivity contribution is 6.26. The maximum absolute atomic E-state index is 6.38. The summed E-state index contributed by atoms with van der Waals surface area (Å²) >= 11 is 0. The molecule has 0 saturated heterocycles. The molecule has 0 bridgehead atoms. The van der Waals surface area contributed by atoms with Gasteiger partial charge in [0.2, 0.25) is 5.95 Å². The minimum Gasteiger partial charge on any atom is -0.456 e. The van der Waals surface area contributed by atoms with E-state index in [2.05, 4.69) is 185 Å². The van der Waals surface area contributed by atoms with Gasteiger partial charge in [-0.1, -0.05) is 182 Å². The van der Waals surface area contributed by atoms with Crippen molar-refractivity contribution >= 4 is 97.9 Å². The van der Waals surface area contributed by atoms with Gasteiger partial charge in [-0.25, -0.2) is 4.98 Å². The summed E-state index contributed by atoms with van der Waals surface area (Å²) in [7, 11) is 0. The first-order valence-corrected chi connectivity index (χ1v) is 23.4. The van der Waals surface area contributed by atoms with Crippen LogP contribution in [0.1, 0.15) is 0 Å². The van der Waals surface area contributed by atoms with Crippen molar-refractivity contribution in [3.63, 3.8) is 0 Å². The molecule has 0 amide bonds. The second-order valence-electron chi connectivity index (χ2n) is 17.9. The lowest BCUT2D eigenvalue weighted by atomic mass is 9.92. The second-order valence-corrected chi connectivity index (χ2v) is 17.9. The summed E-state index contributed by atoms with van der Waals surface area (Å²) in [6.45, 7) is 0. The van der Waals surface area contributed by atoms with Crippen molar-refractivity contribution in [2.75, 3.05) is 0 Å². The minimum atomic E-state index is 0.533. The third-order valence-electron chi connectivity index (χ3n) is 14.2. The summed E-state index contributed by atoms with van der Waals surface area (Å²) in [5, 5.41) is 14.2. The molecule has 0 aliphatic carbocycles. The molecule has 0 spiro atoms. The van der Waals surface area contributed by atoms with E-state index >= 15 is 0 Å². The molecule has 69 heavy (non-hydrogen) atoms. The van der Waals surface area contributed by atoms with E-state index in [0.717, 1.165) is 82.5 Å². The van der Waals surface area contributed by atoms with Crippen molar-refractivity contribution < 1.29 is 4.42 Å². The minimum absolute atomic E-state index is 0.533. The molecule has 6 heteroatoms. The molecule has 0 atom stereocenters. The maximum Gasteiger partial charge on any atom is 0.238 e. The number of para-hydroxylation sites is 3. The number of furan rings is 1. The van der Waals surface area contributed by atoms with Crippen molar-refractivity contribution in [1.82, 2.24) is 24.1 Å². The zero-order valence-electron chi connectivity index (χ0n) is 37.0. The number of benzene rings is 11. The van der Waals surface area contributed by atoms with Crippen molar-refractivity contribution in [2.45, 2.75) is 0 Å². The van der Waals surface area contributed by atoms with Gasteiger partial charge in [0.15, 0.2) is 11.6 Å². The van der Waals surface area contributed by atoms with Crippen LogP contribution in [0, 0.1) is 0 Å². The third-order valence-corrected chi connectivity index (χ3v) is 14.2. The number of aromatic nitrogens is 5. The molecule has 0 aliphatic rings. The van der Waals surface area contributed by atoms with Gasteiger partial charge in [0.25, 0.3) is 0 Å². The highest BCUT2D eigenvalue weighted by Gasteiger charge is 2.24. The Bertz CT molecular complexity index is 4560. The molecule has 0 aliphatic heterocycles. The van der Waals surface area contributed by atoms with Crippen molar-refractivity contribution in [1.29, 1.82) is 0 Å². The summed E-state index contributed by atoms with van der Waals surface area (Å²) in [5.41, 5.74) is 11.0. The van der Waals surface area contributed by atoms with Crippen molar-refractivity contribution in [3.05, 3.63) is 224 Å². The predicted molar refractivity (Wildman–Crippen MR) is 285 cm³/mol. The van der Waals surface area contributed by atoms with Crippen LogP contribution in [0.5, 0.6) is 0 Å². The molecule has 4 aromatic heterocycles. The monoisotopic (exact) mass is 879 g/mol. The zero-order chi connectivity index (χ0) is 45.2. The highest BCUT2D eigenvalue weighted by atomic mass is 16.3. The summed E-state index contributed by atoms with van der Waals surface area (Å²) in [6.07, 6.45) is 0. The Labute approximate surface area is 394 Å². The van der Waals surface area contributed by atoms with Gasteiger partial charge in [-0.2, -0.15) is 9.97 Å². The Morgan fingerprint density at radius 2 is 0.812 bits per heavy atom. The van der Waals surface area contributed by atoms with E-state index in [1.165, 1.54) is 43.3 Å². The molecule has 0 N–H and O–H groups in total. The highest BCUT2D eigenvalue weighted by Crippen LogP contribution is 2.43. The lowest BCUT2D eigenvalue weighted by Crippen LogP contribution is -2.07. The van der Waals surface area contributed by atoms with Gasteiger partial charge in [0.05, 0.1) is 22.1 Å². The lowest BCUT2D eigenvalue weighted by Gasteiger charge is -2.14. The fourth-order valence-corrected chi connectivity index (χ4v) is 11.1. The molecule has 6 nitrogen and oxygen atoms in total. The molecule has 11 aromatic carbocycles. The van der Waals surface area contributed by atoms with Gasteiger partial charge >= 0.3 is 0 Å². The molecule has 4 heterocycles. The van der Waals surface area contributed by atoms with E-state index in [1.54, 1.807) is 0 Å². The number of hydrogen-bond donors (Lipinski definition) is 0. The molecule has 0 fully saturated rings. The molecule has 15 aromatic rings. The standard InChI is InChI=1S/C63H37N5O/c1-2-15-39(16-3-1)61-64-62(52-24-14-28-57-58(52)51-23-10-13-27-56(51)69-57)66-63(65-61)68-55-26-12-9-22-48(55)50-36-35-49-47-21-8-11-25-54(47)67(59(49)60(50)68)41-32-29-38(30-33-41)40-31-34-46-44-19-5-4-17-42(44)43-18-6-7-20-45(43)53(46)37-40/h1-37H. The topological polar surface area (TPSA) is 61.7 Å². The zero-order valence-corrected chi connectivity index (χ0v) is 37.0. The molecule has 0 radical (unpaired) electrons. The maximum atomic E-state index is 6.38. The van der Waals surface area contributed by atoms with Crippen LogP contribution in [0.4, 0.5) is 0 Å². The first-order chi connectivity index (χ1) is 34.2. The Balaban J connectivity index is 0.979. The van der Waals surface area contributed by atoms with Gasteiger partial charge in [0, 0.05) is 49.1 Å². The van der Waals surface area contributed by atoms with Crippen molar-refractivity contribution in [3.8, 4) is 45.5 Å². The molecule has 15 rings (SSSR count). The average molecular weight is 880 g/mol. The van der Waals surface area contributed by atoms with E-state index in [4.69, 9.17) is 19.4 Å². The van der Waals surface area contributed by atoms with Crippen LogP contribution in [-0.4, -0.2) is 24.1 Å². The van der Waals surface area contributed by atoms with Crippen LogP contribution in [0.2, 0.25) is 0 Å². The van der Waals surface area contributed by atoms with Crippen LogP contribution >= 0.6 is 0 Å². The second kappa shape index (κ2) is 14.6. The van der Waals surface area contributed by atoms with Gasteiger partial charge in [-0.15, -0.1) is 0 Å². The van der Waals surface area contributed by atoms with Crippen LogP contribution < -0.4 is 0 Å². The fraction of sp³-hybridized carbons (Fsp3) is 0. The normalized spacial score (nSPS) is 12.1. The largest absolute Gasteiger partial charge is 0.456 e. The summed E-state index contributed by atoms with van der Waals surface area (Å²) in [6, 6.07) is 79.8. The van der Waals surface area contributed by atoms with Crippen molar-refractivity contribution in [2.24, 2.45) is 0 Å². The van der Waals surface area contributed by atoms with E-state index in [-0.39, 0.29) is 0 Å². The molecule has 0 saturated carbocycles. The molecule has 0 unspecified atom stereocenters. The van der Waals surface area contributed by atoms with E-state index in [0.29, 0.717) is 17.6 Å². The van der Waals surface area contributed by atoms with E-state index in [1.807, 2.05) is 48.5 Å². The summed E-state index contributed by atoms with van der Waals surface area (Å²) in [5.74, 6) is 1.69. The van der Waals surface area contributed by atoms with Crippen LogP contribution in [0.3, 0.4) is 0 Å².